The van der Waals surface area contributed by atoms with Crippen LogP contribution in [-0.4, -0.2) is 65.5 Å². The second-order valence-electron chi connectivity index (χ2n) is 8.69. The van der Waals surface area contributed by atoms with E-state index in [1.54, 1.807) is 6.92 Å². The Morgan fingerprint density at radius 1 is 0.939 bits per heavy atom. The maximum atomic E-state index is 12.8. The highest BCUT2D eigenvalue weighted by molar-refractivity contribution is 5.94. The molecule has 0 aromatic carbocycles. The molecule has 0 bridgehead atoms. The number of carbonyl (C=O) groups excluding carboxylic acids is 3. The molecule has 0 aromatic rings. The van der Waals surface area contributed by atoms with Crippen LogP contribution in [0.25, 0.3) is 0 Å². The number of guanidine groups is 1. The predicted molar refractivity (Wildman–Crippen MR) is 126 cm³/mol. The van der Waals surface area contributed by atoms with Crippen LogP contribution in [0.5, 0.6) is 0 Å². The summed E-state index contributed by atoms with van der Waals surface area (Å²) >= 11 is 0. The fraction of sp³-hybridized carbons (Fsp3) is 0.762. The van der Waals surface area contributed by atoms with E-state index < -0.39 is 47.9 Å². The Morgan fingerprint density at radius 2 is 1.55 bits per heavy atom. The van der Waals surface area contributed by atoms with Crippen LogP contribution < -0.4 is 33.2 Å². The summed E-state index contributed by atoms with van der Waals surface area (Å²) in [5, 5.41) is 17.0. The molecule has 0 rings (SSSR count). The second kappa shape index (κ2) is 15.0. The summed E-state index contributed by atoms with van der Waals surface area (Å²) in [6.45, 7) is 9.23. The predicted octanol–water partition coefficient (Wildman–Crippen LogP) is -0.982. The van der Waals surface area contributed by atoms with Crippen molar-refractivity contribution >= 4 is 29.7 Å². The lowest BCUT2D eigenvalue weighted by Crippen LogP contribution is -2.58. The maximum Gasteiger partial charge on any atom is 0.326 e. The van der Waals surface area contributed by atoms with E-state index in [4.69, 9.17) is 17.2 Å². The van der Waals surface area contributed by atoms with Gasteiger partial charge in [-0.25, -0.2) is 4.79 Å². The number of aliphatic carboxylic acids is 1. The van der Waals surface area contributed by atoms with Gasteiger partial charge in [0, 0.05) is 6.54 Å². The van der Waals surface area contributed by atoms with Crippen LogP contribution in [0, 0.1) is 11.8 Å². The van der Waals surface area contributed by atoms with Crippen LogP contribution >= 0.6 is 0 Å². The zero-order valence-electron chi connectivity index (χ0n) is 20.3. The van der Waals surface area contributed by atoms with Gasteiger partial charge in [0.25, 0.3) is 0 Å². The molecule has 5 unspecified atom stereocenters. The number of nitrogens with two attached hydrogens (primary N) is 3. The quantitative estimate of drug-likeness (QED) is 0.0892. The van der Waals surface area contributed by atoms with Gasteiger partial charge in [0.2, 0.25) is 17.7 Å². The van der Waals surface area contributed by atoms with E-state index in [-0.39, 0.29) is 30.8 Å². The average Bonchev–Trinajstić information content (AvgIpc) is 2.71. The molecule has 0 heterocycles. The van der Waals surface area contributed by atoms with Gasteiger partial charge in [0.15, 0.2) is 5.96 Å². The molecule has 0 saturated carbocycles. The molecule has 0 aliphatic rings. The topological polar surface area (TPSA) is 215 Å². The van der Waals surface area contributed by atoms with Gasteiger partial charge in [-0.05, 0) is 38.0 Å². The Balaban J connectivity index is 5.06. The average molecular weight is 472 g/mol. The van der Waals surface area contributed by atoms with Crippen LogP contribution in [0.3, 0.4) is 0 Å². The summed E-state index contributed by atoms with van der Waals surface area (Å²) in [6.07, 6.45) is 1.53. The van der Waals surface area contributed by atoms with Crippen LogP contribution in [0.15, 0.2) is 4.99 Å². The molecule has 0 fully saturated rings. The lowest BCUT2D eigenvalue weighted by atomic mass is 9.96. The van der Waals surface area contributed by atoms with Gasteiger partial charge in [-0.1, -0.05) is 34.1 Å². The van der Waals surface area contributed by atoms with Crippen LogP contribution in [-0.2, 0) is 19.2 Å². The molecule has 0 aliphatic heterocycles. The number of aliphatic imine (C=N–C) groups is 1. The first kappa shape index (κ1) is 30.1. The molecule has 33 heavy (non-hydrogen) atoms. The van der Waals surface area contributed by atoms with Crippen molar-refractivity contribution in [1.82, 2.24) is 16.0 Å². The standard InChI is InChI=1S/C21H41N7O5/c1-6-12(4)16(28-18(30)14(22)10-11(2)3)19(31)26-13(5)17(29)27-15(20(32)33)8-7-9-25-21(23)24/h11-16H,6-10,22H2,1-5H3,(H,26,31)(H,27,29)(H,28,30)(H,32,33)(H4,23,24,25). The molecule has 12 heteroatoms. The molecule has 0 radical (unpaired) electrons. The molecule has 5 atom stereocenters. The minimum atomic E-state index is -1.21. The number of nitrogens with one attached hydrogen (secondary N) is 3. The molecule has 3 amide bonds. The van der Waals surface area contributed by atoms with Gasteiger partial charge in [0.05, 0.1) is 6.04 Å². The molecule has 0 spiro atoms. The molecule has 0 aromatic heterocycles. The van der Waals surface area contributed by atoms with E-state index in [0.29, 0.717) is 19.3 Å². The van der Waals surface area contributed by atoms with Crippen molar-refractivity contribution in [2.24, 2.45) is 34.0 Å². The van der Waals surface area contributed by atoms with Crippen LogP contribution in [0.2, 0.25) is 0 Å². The molecule has 0 saturated heterocycles. The van der Waals surface area contributed by atoms with Crippen molar-refractivity contribution in [2.75, 3.05) is 6.54 Å². The first-order chi connectivity index (χ1) is 15.3. The largest absolute Gasteiger partial charge is 0.480 e. The number of hydrogen-bond donors (Lipinski definition) is 7. The van der Waals surface area contributed by atoms with Crippen molar-refractivity contribution in [3.63, 3.8) is 0 Å². The van der Waals surface area contributed by atoms with Gasteiger partial charge < -0.3 is 38.3 Å². The fourth-order valence-electron chi connectivity index (χ4n) is 3.00. The van der Waals surface area contributed by atoms with Gasteiger partial charge in [0.1, 0.15) is 18.1 Å². The second-order valence-corrected chi connectivity index (χ2v) is 8.69. The van der Waals surface area contributed by atoms with E-state index >= 15 is 0 Å². The number of carboxylic acids is 1. The Morgan fingerprint density at radius 3 is 2.03 bits per heavy atom. The number of rotatable bonds is 15. The number of hydrogen-bond acceptors (Lipinski definition) is 6. The lowest BCUT2D eigenvalue weighted by Gasteiger charge is -2.27. The molecule has 0 aliphatic carbocycles. The van der Waals surface area contributed by atoms with Crippen molar-refractivity contribution in [1.29, 1.82) is 0 Å². The highest BCUT2D eigenvalue weighted by atomic mass is 16.4. The van der Waals surface area contributed by atoms with E-state index in [0.717, 1.165) is 0 Å². The van der Waals surface area contributed by atoms with Gasteiger partial charge >= 0.3 is 5.97 Å². The summed E-state index contributed by atoms with van der Waals surface area (Å²) in [6, 6.07) is -3.82. The molecular formula is C21H41N7O5. The van der Waals surface area contributed by atoms with Crippen molar-refractivity contribution in [3.8, 4) is 0 Å². The monoisotopic (exact) mass is 471 g/mol. The first-order valence-electron chi connectivity index (χ1n) is 11.2. The highest BCUT2D eigenvalue weighted by Gasteiger charge is 2.31. The lowest BCUT2D eigenvalue weighted by molar-refractivity contribution is -0.142. The van der Waals surface area contributed by atoms with Gasteiger partial charge in [-0.15, -0.1) is 0 Å². The summed E-state index contributed by atoms with van der Waals surface area (Å²) in [5.74, 6) is -2.95. The first-order valence-corrected chi connectivity index (χ1v) is 11.2. The molecule has 12 nitrogen and oxygen atoms in total. The third-order valence-electron chi connectivity index (χ3n) is 5.17. The maximum absolute atomic E-state index is 12.8. The molecular weight excluding hydrogens is 430 g/mol. The highest BCUT2D eigenvalue weighted by Crippen LogP contribution is 2.10. The Bertz CT molecular complexity index is 694. The van der Waals surface area contributed by atoms with Gasteiger partial charge in [-0.3, -0.25) is 19.4 Å². The summed E-state index contributed by atoms with van der Waals surface area (Å²) < 4.78 is 0. The summed E-state index contributed by atoms with van der Waals surface area (Å²) in [4.78, 5) is 53.0. The van der Waals surface area contributed by atoms with Crippen LogP contribution in [0.4, 0.5) is 0 Å². The number of carbonyl (C=O) groups is 4. The van der Waals surface area contributed by atoms with E-state index in [1.807, 2.05) is 20.8 Å². The number of amides is 3. The van der Waals surface area contributed by atoms with Crippen LogP contribution in [0.1, 0.15) is 60.3 Å². The third kappa shape index (κ3) is 12.1. The Hall–Kier alpha value is -2.89. The Kier molecular flexibility index (Phi) is 13.7. The van der Waals surface area contributed by atoms with Crippen molar-refractivity contribution < 1.29 is 24.3 Å². The normalized spacial score (nSPS) is 15.5. The summed E-state index contributed by atoms with van der Waals surface area (Å²) in [5.41, 5.74) is 16.4. The SMILES string of the molecule is CCC(C)C(NC(=O)C(N)CC(C)C)C(=O)NC(C)C(=O)NC(CCCN=C(N)N)C(=O)O. The number of nitrogens with zero attached hydrogens (tertiary/aromatic N) is 1. The minimum absolute atomic E-state index is 0.102. The van der Waals surface area contributed by atoms with E-state index in [1.165, 1.54) is 6.92 Å². The Labute approximate surface area is 195 Å². The minimum Gasteiger partial charge on any atom is -0.480 e. The van der Waals surface area contributed by atoms with E-state index in [9.17, 15) is 24.3 Å². The summed E-state index contributed by atoms with van der Waals surface area (Å²) in [7, 11) is 0. The fourth-order valence-corrected chi connectivity index (χ4v) is 3.00. The molecule has 190 valence electrons. The molecule has 10 N–H and O–H groups in total. The number of carboxylic acid groups (broad SMARTS) is 1. The van der Waals surface area contributed by atoms with Crippen molar-refractivity contribution in [2.45, 2.75) is 84.5 Å². The smallest absolute Gasteiger partial charge is 0.326 e. The van der Waals surface area contributed by atoms with Gasteiger partial charge in [-0.2, -0.15) is 0 Å². The zero-order chi connectivity index (χ0) is 25.7. The zero-order valence-corrected chi connectivity index (χ0v) is 20.3. The van der Waals surface area contributed by atoms with Crippen molar-refractivity contribution in [3.05, 3.63) is 0 Å². The third-order valence-corrected chi connectivity index (χ3v) is 5.17. The van der Waals surface area contributed by atoms with E-state index in [2.05, 4.69) is 20.9 Å².